The number of hydrogen-bond donors (Lipinski definition) is 1. The Morgan fingerprint density at radius 1 is 0.960 bits per heavy atom. The van der Waals surface area contributed by atoms with Gasteiger partial charge >= 0.3 is 0 Å². The van der Waals surface area contributed by atoms with Crippen LogP contribution in [0.25, 0.3) is 21.9 Å². The van der Waals surface area contributed by atoms with Gasteiger partial charge in [0.2, 0.25) is 0 Å². The molecule has 126 valence electrons. The number of fused-ring (bicyclic) bond motifs is 3. The van der Waals surface area contributed by atoms with Crippen molar-refractivity contribution >= 4 is 39.5 Å². The number of nitrogens with zero attached hydrogens (tertiary/aromatic N) is 3. The maximum absolute atomic E-state index is 6.09. The summed E-state index contributed by atoms with van der Waals surface area (Å²) >= 11 is 1.91. The van der Waals surface area contributed by atoms with Gasteiger partial charge in [0.25, 0.3) is 0 Å². The summed E-state index contributed by atoms with van der Waals surface area (Å²) in [5.41, 5.74) is 8.91. The van der Waals surface area contributed by atoms with Crippen LogP contribution in [-0.2, 0) is 6.54 Å². The van der Waals surface area contributed by atoms with E-state index < -0.39 is 0 Å². The molecule has 4 nitrogen and oxygen atoms in total. The Bertz CT molecular complexity index is 995. The molecule has 4 aromatic rings. The van der Waals surface area contributed by atoms with Crippen LogP contribution in [0.5, 0.6) is 0 Å². The lowest BCUT2D eigenvalue weighted by Gasteiger charge is -2.08. The normalized spacial score (nSPS) is 11.4. The van der Waals surface area contributed by atoms with Crippen molar-refractivity contribution in [3.05, 3.63) is 60.9 Å². The molecular formula is C20H20N4S. The Labute approximate surface area is 151 Å². The van der Waals surface area contributed by atoms with E-state index in [0.717, 1.165) is 47.1 Å². The summed E-state index contributed by atoms with van der Waals surface area (Å²) in [6.45, 7) is 0.944. The van der Waals surface area contributed by atoms with Crippen molar-refractivity contribution in [2.24, 2.45) is 0 Å². The number of nitrogen functional groups attached to an aromatic ring is 1. The molecule has 2 N–H and O–H groups in total. The third-order valence-electron chi connectivity index (χ3n) is 4.29. The minimum atomic E-state index is 0.507. The van der Waals surface area contributed by atoms with E-state index >= 15 is 0 Å². The van der Waals surface area contributed by atoms with Crippen LogP contribution >= 0.6 is 11.8 Å². The molecule has 2 aromatic carbocycles. The van der Waals surface area contributed by atoms with Gasteiger partial charge in [-0.05, 0) is 36.8 Å². The van der Waals surface area contributed by atoms with E-state index in [1.807, 2.05) is 36.3 Å². The highest BCUT2D eigenvalue weighted by Crippen LogP contribution is 2.27. The Morgan fingerprint density at radius 3 is 2.64 bits per heavy atom. The molecule has 0 saturated carbocycles. The van der Waals surface area contributed by atoms with E-state index in [4.69, 9.17) is 5.73 Å². The van der Waals surface area contributed by atoms with Gasteiger partial charge in [-0.25, -0.2) is 9.97 Å². The predicted molar refractivity (Wildman–Crippen MR) is 106 cm³/mol. The second-order valence-electron chi connectivity index (χ2n) is 6.02. The first-order chi connectivity index (χ1) is 12.3. The minimum Gasteiger partial charge on any atom is -0.382 e. The molecule has 0 spiro atoms. The second-order valence-corrected chi connectivity index (χ2v) is 7.19. The van der Waals surface area contributed by atoms with E-state index in [1.165, 1.54) is 4.90 Å². The molecule has 25 heavy (non-hydrogen) atoms. The first-order valence-electron chi connectivity index (χ1n) is 8.50. The Hall–Kier alpha value is -2.53. The topological polar surface area (TPSA) is 56.7 Å². The van der Waals surface area contributed by atoms with Gasteiger partial charge in [0.15, 0.2) is 5.82 Å². The average Bonchev–Trinajstić information content (AvgIpc) is 3.07. The molecule has 0 aliphatic heterocycles. The molecule has 0 amide bonds. The van der Waals surface area contributed by atoms with Gasteiger partial charge in [-0.2, -0.15) is 0 Å². The number of rotatable bonds is 6. The van der Waals surface area contributed by atoms with Crippen LogP contribution in [0.2, 0.25) is 0 Å². The smallest absolute Gasteiger partial charge is 0.152 e. The molecular weight excluding hydrogens is 328 g/mol. The fourth-order valence-electron chi connectivity index (χ4n) is 3.07. The number of thioether (sulfide) groups is 1. The first kappa shape index (κ1) is 16.0. The second kappa shape index (κ2) is 7.15. The van der Waals surface area contributed by atoms with E-state index in [1.54, 1.807) is 0 Å². The van der Waals surface area contributed by atoms with Gasteiger partial charge in [0.05, 0.1) is 17.4 Å². The number of nitrogens with two attached hydrogens (primary N) is 1. The Balaban J connectivity index is 1.47. The number of unbranched alkanes of at least 4 members (excludes halogenated alkanes) is 1. The first-order valence-corrected chi connectivity index (χ1v) is 9.48. The minimum absolute atomic E-state index is 0.507. The van der Waals surface area contributed by atoms with Gasteiger partial charge in [-0.3, -0.25) is 0 Å². The summed E-state index contributed by atoms with van der Waals surface area (Å²) in [7, 11) is 0. The number of hydrogen-bond acceptors (Lipinski definition) is 4. The number of imidazole rings is 1. The van der Waals surface area contributed by atoms with Crippen molar-refractivity contribution in [1.29, 1.82) is 0 Å². The van der Waals surface area contributed by atoms with Crippen molar-refractivity contribution in [3.63, 3.8) is 0 Å². The number of aryl methyl sites for hydroxylation is 1. The fourth-order valence-corrected chi connectivity index (χ4v) is 4.00. The van der Waals surface area contributed by atoms with Crippen molar-refractivity contribution < 1.29 is 0 Å². The maximum atomic E-state index is 6.09. The number of anilines is 1. The molecule has 5 heteroatoms. The monoisotopic (exact) mass is 348 g/mol. The molecule has 0 unspecified atom stereocenters. The third kappa shape index (κ3) is 3.33. The van der Waals surface area contributed by atoms with Gasteiger partial charge in [-0.15, -0.1) is 11.8 Å². The molecule has 2 aromatic heterocycles. The lowest BCUT2D eigenvalue weighted by Crippen LogP contribution is -1.99. The summed E-state index contributed by atoms with van der Waals surface area (Å²) < 4.78 is 2.21. The molecule has 0 bridgehead atoms. The standard InChI is InChI=1S/C20H20N4S/c21-20-18-19(16-10-4-5-11-17(16)23-20)24(14-22-18)12-6-7-13-25-15-8-2-1-3-9-15/h1-5,8-11,14H,6-7,12-13H2,(H2,21,23). The average molecular weight is 348 g/mol. The third-order valence-corrected chi connectivity index (χ3v) is 5.38. The van der Waals surface area contributed by atoms with Crippen LogP contribution in [-0.4, -0.2) is 20.3 Å². The summed E-state index contributed by atoms with van der Waals surface area (Å²) in [6, 6.07) is 18.7. The SMILES string of the molecule is Nc1nc2ccccc2c2c1ncn2CCCCSc1ccccc1. The van der Waals surface area contributed by atoms with Crippen molar-refractivity contribution in [2.75, 3.05) is 11.5 Å². The molecule has 0 aliphatic rings. The van der Waals surface area contributed by atoms with E-state index in [-0.39, 0.29) is 0 Å². The van der Waals surface area contributed by atoms with Gasteiger partial charge in [0.1, 0.15) is 5.52 Å². The lowest BCUT2D eigenvalue weighted by molar-refractivity contribution is 0.650. The van der Waals surface area contributed by atoms with Gasteiger partial charge in [0, 0.05) is 16.8 Å². The lowest BCUT2D eigenvalue weighted by atomic mass is 10.2. The Kier molecular flexibility index (Phi) is 4.57. The number of benzene rings is 2. The van der Waals surface area contributed by atoms with E-state index in [2.05, 4.69) is 50.9 Å². The highest BCUT2D eigenvalue weighted by Gasteiger charge is 2.11. The van der Waals surface area contributed by atoms with Crippen molar-refractivity contribution in [3.8, 4) is 0 Å². The molecule has 0 saturated heterocycles. The quantitative estimate of drug-likeness (QED) is 0.404. The molecule has 0 aliphatic carbocycles. The summed E-state index contributed by atoms with van der Waals surface area (Å²) in [4.78, 5) is 10.3. The zero-order valence-corrected chi connectivity index (χ0v) is 14.7. The zero-order chi connectivity index (χ0) is 17.1. The largest absolute Gasteiger partial charge is 0.382 e. The van der Waals surface area contributed by atoms with Crippen molar-refractivity contribution in [2.45, 2.75) is 24.3 Å². The van der Waals surface area contributed by atoms with E-state index in [9.17, 15) is 0 Å². The number of para-hydroxylation sites is 1. The highest BCUT2D eigenvalue weighted by molar-refractivity contribution is 7.99. The highest BCUT2D eigenvalue weighted by atomic mass is 32.2. The van der Waals surface area contributed by atoms with Gasteiger partial charge in [-0.1, -0.05) is 36.4 Å². The van der Waals surface area contributed by atoms with Crippen LogP contribution < -0.4 is 5.73 Å². The molecule has 2 heterocycles. The summed E-state index contributed by atoms with van der Waals surface area (Å²) in [6.07, 6.45) is 4.17. The van der Waals surface area contributed by atoms with Crippen LogP contribution in [0.3, 0.4) is 0 Å². The van der Waals surface area contributed by atoms with Crippen LogP contribution in [0.4, 0.5) is 5.82 Å². The molecule has 0 radical (unpaired) electrons. The summed E-state index contributed by atoms with van der Waals surface area (Å²) in [5, 5.41) is 1.11. The van der Waals surface area contributed by atoms with E-state index in [0.29, 0.717) is 5.82 Å². The Morgan fingerprint density at radius 2 is 1.76 bits per heavy atom. The van der Waals surface area contributed by atoms with Crippen molar-refractivity contribution in [1.82, 2.24) is 14.5 Å². The van der Waals surface area contributed by atoms with Crippen LogP contribution in [0.1, 0.15) is 12.8 Å². The fraction of sp³-hybridized carbons (Fsp3) is 0.200. The number of pyridine rings is 1. The molecule has 4 rings (SSSR count). The zero-order valence-electron chi connectivity index (χ0n) is 13.9. The predicted octanol–water partition coefficient (Wildman–Crippen LogP) is 4.74. The van der Waals surface area contributed by atoms with Crippen LogP contribution in [0, 0.1) is 0 Å². The van der Waals surface area contributed by atoms with Gasteiger partial charge < -0.3 is 10.3 Å². The maximum Gasteiger partial charge on any atom is 0.152 e. The molecule has 0 atom stereocenters. The number of aromatic nitrogens is 3. The summed E-state index contributed by atoms with van der Waals surface area (Å²) in [5.74, 6) is 1.63. The van der Waals surface area contributed by atoms with Crippen LogP contribution in [0.15, 0.2) is 65.8 Å². The molecule has 0 fully saturated rings.